The van der Waals surface area contributed by atoms with Crippen LogP contribution in [0.2, 0.25) is 0 Å². The van der Waals surface area contributed by atoms with Crippen molar-refractivity contribution < 1.29 is 4.74 Å². The number of anilines is 2. The maximum absolute atomic E-state index is 6.47. The lowest BCUT2D eigenvalue weighted by molar-refractivity contribution is 0.182. The van der Waals surface area contributed by atoms with Gasteiger partial charge in [-0.15, -0.1) is 5.10 Å². The Morgan fingerprint density at radius 1 is 1.05 bits per heavy atom. The van der Waals surface area contributed by atoms with E-state index in [2.05, 4.69) is 88.6 Å². The van der Waals surface area contributed by atoms with E-state index in [1.165, 1.54) is 40.4 Å². The smallest absolute Gasteiger partial charge is 0.318 e. The van der Waals surface area contributed by atoms with Gasteiger partial charge in [0, 0.05) is 67.4 Å². The van der Waals surface area contributed by atoms with Crippen LogP contribution in [-0.4, -0.2) is 76.7 Å². The van der Waals surface area contributed by atoms with Gasteiger partial charge in [-0.25, -0.2) is 0 Å². The number of ether oxygens (including phenoxy) is 1. The molecule has 1 aliphatic carbocycles. The number of benzene rings is 2. The molecule has 226 valence electrons. The minimum Gasteiger partial charge on any atom is -0.463 e. The summed E-state index contributed by atoms with van der Waals surface area (Å²) in [5.74, 6) is 1.40. The molecule has 0 N–H and O–H groups in total. The van der Waals surface area contributed by atoms with Crippen molar-refractivity contribution in [2.75, 3.05) is 56.7 Å². The number of hydrogen-bond acceptors (Lipinski definition) is 8. The van der Waals surface area contributed by atoms with Gasteiger partial charge in [0.15, 0.2) is 0 Å². The molecular weight excluding hydrogens is 536 g/mol. The minimum atomic E-state index is 0.219. The summed E-state index contributed by atoms with van der Waals surface area (Å²) in [7, 11) is 6.22. The van der Waals surface area contributed by atoms with Gasteiger partial charge in [-0.1, -0.05) is 42.5 Å². The van der Waals surface area contributed by atoms with Gasteiger partial charge in [0.1, 0.15) is 5.82 Å². The Kier molecular flexibility index (Phi) is 7.45. The SMILES string of the molecule is CCc1cccc2cccc(N3CCc4c(nc(OCC5(CN(C)C)CC5)nc4N4CCCC(c5cn(C)nn5)C4)C3)c12. The number of aryl methyl sites for hydroxylation is 2. The van der Waals surface area contributed by atoms with Crippen molar-refractivity contribution in [2.45, 2.75) is 57.9 Å². The molecule has 0 bridgehead atoms. The van der Waals surface area contributed by atoms with Gasteiger partial charge in [0.25, 0.3) is 0 Å². The molecule has 0 spiro atoms. The van der Waals surface area contributed by atoms with Crippen LogP contribution in [0.3, 0.4) is 0 Å². The second-order valence-electron chi connectivity index (χ2n) is 13.2. The first-order chi connectivity index (χ1) is 20.9. The van der Waals surface area contributed by atoms with Gasteiger partial charge in [-0.2, -0.15) is 9.97 Å². The van der Waals surface area contributed by atoms with Crippen LogP contribution in [0.15, 0.2) is 42.6 Å². The highest BCUT2D eigenvalue weighted by Crippen LogP contribution is 2.46. The highest BCUT2D eigenvalue weighted by atomic mass is 16.5. The van der Waals surface area contributed by atoms with Crippen LogP contribution in [0.4, 0.5) is 11.5 Å². The molecule has 0 amide bonds. The fraction of sp³-hybridized carbons (Fsp3) is 0.529. The quantitative estimate of drug-likeness (QED) is 0.274. The maximum Gasteiger partial charge on any atom is 0.318 e. The molecule has 9 heteroatoms. The van der Waals surface area contributed by atoms with E-state index in [1.807, 2.05) is 7.05 Å². The zero-order chi connectivity index (χ0) is 29.6. The van der Waals surface area contributed by atoms with E-state index in [9.17, 15) is 0 Å². The van der Waals surface area contributed by atoms with Crippen LogP contribution in [0, 0.1) is 5.41 Å². The second-order valence-corrected chi connectivity index (χ2v) is 13.2. The summed E-state index contributed by atoms with van der Waals surface area (Å²) < 4.78 is 8.28. The molecular formula is C34H44N8O. The number of nitrogens with zero attached hydrogens (tertiary/aromatic N) is 8. The van der Waals surface area contributed by atoms with Gasteiger partial charge >= 0.3 is 6.01 Å². The molecule has 2 fully saturated rings. The zero-order valence-corrected chi connectivity index (χ0v) is 26.1. The Labute approximate surface area is 254 Å². The largest absolute Gasteiger partial charge is 0.463 e. The summed E-state index contributed by atoms with van der Waals surface area (Å²) in [6.45, 7) is 7.51. The molecule has 2 aromatic carbocycles. The van der Waals surface area contributed by atoms with Crippen LogP contribution >= 0.6 is 0 Å². The van der Waals surface area contributed by atoms with E-state index in [0.717, 1.165) is 75.6 Å². The van der Waals surface area contributed by atoms with Gasteiger partial charge in [-0.05, 0) is 69.6 Å². The van der Waals surface area contributed by atoms with E-state index < -0.39 is 0 Å². The second kappa shape index (κ2) is 11.4. The summed E-state index contributed by atoms with van der Waals surface area (Å²) in [4.78, 5) is 17.5. The summed E-state index contributed by atoms with van der Waals surface area (Å²) in [6.07, 6.45) is 8.60. The third-order valence-electron chi connectivity index (χ3n) is 9.59. The van der Waals surface area contributed by atoms with Crippen molar-refractivity contribution in [3.63, 3.8) is 0 Å². The standard InChI is InChI=1S/C34H44N8O/c1-5-24-9-6-10-25-11-7-13-30(31(24)25)41-18-14-27-29(21-41)35-33(43-23-34(15-16-34)22-39(2)3)36-32(27)42-17-8-12-26(19-42)28-20-40(4)38-37-28/h6-7,9-11,13,20,26H,5,8,12,14-19,21-23H2,1-4H3. The Balaban J connectivity index is 1.22. The van der Waals surface area contributed by atoms with Crippen molar-refractivity contribution >= 4 is 22.3 Å². The maximum atomic E-state index is 6.47. The van der Waals surface area contributed by atoms with Crippen LogP contribution < -0.4 is 14.5 Å². The minimum absolute atomic E-state index is 0.219. The average Bonchev–Trinajstić information content (AvgIpc) is 3.64. The van der Waals surface area contributed by atoms with Gasteiger partial charge in [0.05, 0.1) is 24.5 Å². The van der Waals surface area contributed by atoms with Crippen LogP contribution in [-0.2, 0) is 26.4 Å². The molecule has 1 saturated heterocycles. The zero-order valence-electron chi connectivity index (χ0n) is 26.1. The first-order valence-corrected chi connectivity index (χ1v) is 16.0. The first kappa shape index (κ1) is 28.1. The third-order valence-corrected chi connectivity index (χ3v) is 9.59. The highest BCUT2D eigenvalue weighted by molar-refractivity contribution is 5.97. The molecule has 1 saturated carbocycles. The van der Waals surface area contributed by atoms with Crippen LogP contribution in [0.25, 0.3) is 10.8 Å². The Bertz CT molecular complexity index is 1600. The fourth-order valence-corrected chi connectivity index (χ4v) is 7.25. The monoisotopic (exact) mass is 580 g/mol. The Morgan fingerprint density at radius 3 is 2.63 bits per heavy atom. The van der Waals surface area contributed by atoms with Gasteiger partial charge in [-0.3, -0.25) is 4.68 Å². The van der Waals surface area contributed by atoms with Gasteiger partial charge < -0.3 is 19.4 Å². The number of hydrogen-bond donors (Lipinski definition) is 0. The predicted molar refractivity (Wildman–Crippen MR) is 171 cm³/mol. The van der Waals surface area contributed by atoms with E-state index in [1.54, 1.807) is 4.68 Å². The predicted octanol–water partition coefficient (Wildman–Crippen LogP) is 4.99. The third kappa shape index (κ3) is 5.67. The summed E-state index contributed by atoms with van der Waals surface area (Å²) in [5, 5.41) is 11.3. The molecule has 4 aromatic rings. The Morgan fingerprint density at radius 2 is 1.88 bits per heavy atom. The fourth-order valence-electron chi connectivity index (χ4n) is 7.25. The van der Waals surface area contributed by atoms with Crippen molar-refractivity contribution in [2.24, 2.45) is 12.5 Å². The first-order valence-electron chi connectivity index (χ1n) is 16.0. The molecule has 3 aliphatic rings. The van der Waals surface area contributed by atoms with Gasteiger partial charge in [0.2, 0.25) is 0 Å². The normalized spacial score (nSPS) is 19.6. The summed E-state index contributed by atoms with van der Waals surface area (Å²) in [5.41, 5.74) is 6.35. The molecule has 9 nitrogen and oxygen atoms in total. The lowest BCUT2D eigenvalue weighted by Crippen LogP contribution is -2.38. The molecule has 1 unspecified atom stereocenters. The number of piperidine rings is 1. The molecule has 7 rings (SSSR count). The van der Waals surface area contributed by atoms with E-state index in [4.69, 9.17) is 14.7 Å². The van der Waals surface area contributed by atoms with E-state index in [-0.39, 0.29) is 5.41 Å². The van der Waals surface area contributed by atoms with Crippen LogP contribution in [0.1, 0.15) is 61.0 Å². The molecule has 43 heavy (non-hydrogen) atoms. The number of rotatable bonds is 9. The van der Waals surface area contributed by atoms with Crippen molar-refractivity contribution in [1.29, 1.82) is 0 Å². The molecule has 2 aliphatic heterocycles. The highest BCUT2D eigenvalue weighted by Gasteiger charge is 2.44. The summed E-state index contributed by atoms with van der Waals surface area (Å²) >= 11 is 0. The van der Waals surface area contributed by atoms with Crippen molar-refractivity contribution in [1.82, 2.24) is 29.9 Å². The lowest BCUT2D eigenvalue weighted by Gasteiger charge is -2.37. The van der Waals surface area contributed by atoms with Crippen molar-refractivity contribution in [3.8, 4) is 6.01 Å². The molecule has 1 atom stereocenters. The van der Waals surface area contributed by atoms with Crippen molar-refractivity contribution in [3.05, 3.63) is 65.1 Å². The number of fused-ring (bicyclic) bond motifs is 2. The van der Waals surface area contributed by atoms with E-state index >= 15 is 0 Å². The summed E-state index contributed by atoms with van der Waals surface area (Å²) in [6, 6.07) is 13.9. The molecule has 4 heterocycles. The van der Waals surface area contributed by atoms with E-state index in [0.29, 0.717) is 18.5 Å². The number of aromatic nitrogens is 5. The molecule has 0 radical (unpaired) electrons. The Hall–Kier alpha value is -3.72. The topological polar surface area (TPSA) is 75.4 Å². The average molecular weight is 581 g/mol. The molecule has 2 aromatic heterocycles. The lowest BCUT2D eigenvalue weighted by atomic mass is 9.94. The van der Waals surface area contributed by atoms with Crippen LogP contribution in [0.5, 0.6) is 6.01 Å².